The monoisotopic (exact) mass is 445 g/mol. The number of hydrogen-bond donors (Lipinski definition) is 4. The summed E-state index contributed by atoms with van der Waals surface area (Å²) in [5.74, 6) is -3.81. The van der Waals surface area contributed by atoms with Gasteiger partial charge < -0.3 is 24.4 Å². The van der Waals surface area contributed by atoms with Gasteiger partial charge in [-0.2, -0.15) is 0 Å². The van der Waals surface area contributed by atoms with E-state index in [0.717, 1.165) is 5.56 Å². The Morgan fingerprint density at radius 3 is 2.23 bits per heavy atom. The minimum absolute atomic E-state index is 0.127. The molecule has 1 aromatic rings. The predicted molar refractivity (Wildman–Crippen MR) is 109 cm³/mol. The van der Waals surface area contributed by atoms with Crippen molar-refractivity contribution in [2.75, 3.05) is 18.1 Å². The van der Waals surface area contributed by atoms with Crippen molar-refractivity contribution < 1.29 is 43.3 Å². The van der Waals surface area contributed by atoms with Gasteiger partial charge in [0.25, 0.3) is 0 Å². The Hall–Kier alpha value is -2.42. The fourth-order valence-electron chi connectivity index (χ4n) is 2.40. The van der Waals surface area contributed by atoms with Crippen LogP contribution in [0.2, 0.25) is 0 Å². The van der Waals surface area contributed by atoms with E-state index in [1.807, 2.05) is 0 Å². The summed E-state index contributed by atoms with van der Waals surface area (Å²) in [5, 5.41) is 20.3. The van der Waals surface area contributed by atoms with Gasteiger partial charge in [0.15, 0.2) is 0 Å². The number of anilines is 1. The van der Waals surface area contributed by atoms with Gasteiger partial charge in [0.1, 0.15) is 5.60 Å². The molecule has 4 N–H and O–H groups in total. The van der Waals surface area contributed by atoms with E-state index in [1.165, 1.54) is 0 Å². The summed E-state index contributed by atoms with van der Waals surface area (Å²) in [4.78, 5) is 43.3. The van der Waals surface area contributed by atoms with Gasteiger partial charge in [0.05, 0.1) is 18.7 Å². The molecule has 0 saturated carbocycles. The highest BCUT2D eigenvalue weighted by molar-refractivity contribution is 7.52. The van der Waals surface area contributed by atoms with E-state index >= 15 is 0 Å². The first-order valence-corrected chi connectivity index (χ1v) is 11.0. The minimum atomic E-state index is -4.20. The molecule has 0 saturated heterocycles. The molecule has 168 valence electrons. The summed E-state index contributed by atoms with van der Waals surface area (Å²) in [6.45, 7) is 5.12. The number of aliphatic carboxylic acids is 2. The van der Waals surface area contributed by atoms with E-state index < -0.39 is 49.7 Å². The second kappa shape index (κ2) is 11.1. The van der Waals surface area contributed by atoms with Gasteiger partial charge in [-0.25, -0.2) is 4.79 Å². The Kier molecular flexibility index (Phi) is 9.48. The van der Waals surface area contributed by atoms with Crippen molar-refractivity contribution in [3.63, 3.8) is 0 Å². The lowest BCUT2D eigenvalue weighted by atomic mass is 10.1. The summed E-state index contributed by atoms with van der Waals surface area (Å²) < 4.78 is 22.2. The molecule has 0 aliphatic carbocycles. The van der Waals surface area contributed by atoms with Crippen LogP contribution in [-0.2, 0) is 29.8 Å². The molecule has 1 unspecified atom stereocenters. The number of carbonyl (C=O) groups is 3. The summed E-state index contributed by atoms with van der Waals surface area (Å²) in [6, 6.07) is 6.69. The summed E-state index contributed by atoms with van der Waals surface area (Å²) in [7, 11) is -4.20. The number of carboxylic acids is 2. The van der Waals surface area contributed by atoms with Crippen LogP contribution in [0.25, 0.3) is 0 Å². The average molecular weight is 445 g/mol. The molecule has 11 heteroatoms. The average Bonchev–Trinajstić information content (AvgIpc) is 2.58. The van der Waals surface area contributed by atoms with E-state index in [-0.39, 0.29) is 19.4 Å². The number of amides is 1. The molecule has 0 bridgehead atoms. The lowest BCUT2D eigenvalue weighted by Crippen LogP contribution is -2.27. The molecule has 1 aromatic carbocycles. The van der Waals surface area contributed by atoms with Gasteiger partial charge in [-0.3, -0.25) is 19.5 Å². The van der Waals surface area contributed by atoms with Gasteiger partial charge in [-0.15, -0.1) is 0 Å². The number of carboxylic acid groups (broad SMARTS) is 2. The minimum Gasteiger partial charge on any atom is -0.481 e. The molecule has 0 fully saturated rings. The SMILES string of the molecule is CC(C)(C)OC(=O)Nc1ccc(CCOP(=O)(O)C[C@@H](CCC(=O)O)C(=O)O)cc1. The maximum atomic E-state index is 12.1. The Morgan fingerprint density at radius 1 is 1.13 bits per heavy atom. The van der Waals surface area contributed by atoms with E-state index in [4.69, 9.17) is 19.5 Å². The summed E-state index contributed by atoms with van der Waals surface area (Å²) >= 11 is 0. The van der Waals surface area contributed by atoms with Crippen LogP contribution in [0.3, 0.4) is 0 Å². The normalized spacial score (nSPS) is 14.4. The molecule has 2 atom stereocenters. The molecule has 0 heterocycles. The van der Waals surface area contributed by atoms with Gasteiger partial charge in [0, 0.05) is 12.1 Å². The van der Waals surface area contributed by atoms with Crippen molar-refractivity contribution in [1.29, 1.82) is 0 Å². The van der Waals surface area contributed by atoms with Crippen LogP contribution < -0.4 is 5.32 Å². The largest absolute Gasteiger partial charge is 0.481 e. The van der Waals surface area contributed by atoms with Crippen molar-refractivity contribution in [2.45, 2.75) is 45.6 Å². The Morgan fingerprint density at radius 2 is 1.73 bits per heavy atom. The van der Waals surface area contributed by atoms with Crippen molar-refractivity contribution in [3.8, 4) is 0 Å². The second-order valence-corrected chi connectivity index (χ2v) is 9.59. The number of nitrogens with one attached hydrogen (secondary N) is 1. The Balaban J connectivity index is 2.51. The molecule has 0 aliphatic rings. The molecule has 0 spiro atoms. The van der Waals surface area contributed by atoms with Gasteiger partial charge in [-0.05, 0) is 51.3 Å². The third-order valence-electron chi connectivity index (χ3n) is 3.79. The Labute approximate surface area is 174 Å². The first-order valence-electron chi connectivity index (χ1n) is 9.27. The number of rotatable bonds is 11. The van der Waals surface area contributed by atoms with Crippen LogP contribution >= 0.6 is 7.60 Å². The lowest BCUT2D eigenvalue weighted by molar-refractivity contribution is -0.142. The fraction of sp³-hybridized carbons (Fsp3) is 0.526. The lowest BCUT2D eigenvalue weighted by Gasteiger charge is -2.19. The molecular formula is C19H28NO9P. The van der Waals surface area contributed by atoms with E-state index in [0.29, 0.717) is 5.69 Å². The van der Waals surface area contributed by atoms with Crippen molar-refractivity contribution in [1.82, 2.24) is 0 Å². The number of ether oxygens (including phenoxy) is 1. The van der Waals surface area contributed by atoms with Crippen LogP contribution in [0.15, 0.2) is 24.3 Å². The maximum Gasteiger partial charge on any atom is 0.412 e. The number of benzene rings is 1. The second-order valence-electron chi connectivity index (χ2n) is 7.69. The third kappa shape index (κ3) is 10.9. The van der Waals surface area contributed by atoms with Crippen LogP contribution in [0.4, 0.5) is 10.5 Å². The highest BCUT2D eigenvalue weighted by Crippen LogP contribution is 2.44. The first kappa shape index (κ1) is 25.6. The van der Waals surface area contributed by atoms with Crippen molar-refractivity contribution in [3.05, 3.63) is 29.8 Å². The van der Waals surface area contributed by atoms with E-state index in [2.05, 4.69) is 5.32 Å². The zero-order valence-corrected chi connectivity index (χ0v) is 18.1. The van der Waals surface area contributed by atoms with Gasteiger partial charge in [0.2, 0.25) is 0 Å². The predicted octanol–water partition coefficient (Wildman–Crippen LogP) is 3.34. The Bertz CT molecular complexity index is 786. The molecule has 10 nitrogen and oxygen atoms in total. The van der Waals surface area contributed by atoms with Gasteiger partial charge in [-0.1, -0.05) is 12.1 Å². The zero-order chi connectivity index (χ0) is 22.9. The number of carbonyl (C=O) groups excluding carboxylic acids is 1. The quantitative estimate of drug-likeness (QED) is 0.375. The van der Waals surface area contributed by atoms with Crippen molar-refractivity contribution >= 4 is 31.3 Å². The number of hydrogen-bond acceptors (Lipinski definition) is 6. The highest BCUT2D eigenvalue weighted by Gasteiger charge is 2.30. The maximum absolute atomic E-state index is 12.1. The molecule has 0 radical (unpaired) electrons. The molecule has 0 aliphatic heterocycles. The topological polar surface area (TPSA) is 159 Å². The highest BCUT2D eigenvalue weighted by atomic mass is 31.2. The molecule has 1 rings (SSSR count). The third-order valence-corrected chi connectivity index (χ3v) is 5.28. The molecular weight excluding hydrogens is 417 g/mol. The summed E-state index contributed by atoms with van der Waals surface area (Å²) in [5.41, 5.74) is 0.669. The first-order chi connectivity index (χ1) is 13.8. The summed E-state index contributed by atoms with van der Waals surface area (Å²) in [6.07, 6.45) is -1.64. The smallest absolute Gasteiger partial charge is 0.412 e. The van der Waals surface area contributed by atoms with E-state index in [1.54, 1.807) is 45.0 Å². The molecule has 30 heavy (non-hydrogen) atoms. The van der Waals surface area contributed by atoms with Crippen LogP contribution in [-0.4, -0.2) is 51.5 Å². The van der Waals surface area contributed by atoms with Crippen LogP contribution in [0.1, 0.15) is 39.2 Å². The zero-order valence-electron chi connectivity index (χ0n) is 17.2. The van der Waals surface area contributed by atoms with Crippen LogP contribution in [0.5, 0.6) is 0 Å². The molecule has 0 aromatic heterocycles. The fourth-order valence-corrected chi connectivity index (χ4v) is 3.78. The standard InChI is InChI=1S/C19H28NO9P/c1-19(2,3)29-18(25)20-15-7-4-13(5-8-15)10-11-28-30(26,27)12-14(17(23)24)6-9-16(21)22/h4-5,7-8,14H,6,9-12H2,1-3H3,(H,20,25)(H,21,22)(H,23,24)(H,26,27)/t14-/m1/s1. The van der Waals surface area contributed by atoms with Crippen LogP contribution in [0, 0.1) is 5.92 Å². The molecule has 1 amide bonds. The van der Waals surface area contributed by atoms with Crippen molar-refractivity contribution in [2.24, 2.45) is 5.92 Å². The van der Waals surface area contributed by atoms with Gasteiger partial charge >= 0.3 is 25.6 Å². The van der Waals surface area contributed by atoms with E-state index in [9.17, 15) is 23.8 Å².